The molecule has 2 nitrogen and oxygen atoms in total. The zero-order valence-electron chi connectivity index (χ0n) is 7.01. The van der Waals surface area contributed by atoms with Gasteiger partial charge in [0.1, 0.15) is 5.67 Å². The third-order valence-corrected chi connectivity index (χ3v) is 2.12. The molecule has 3 heteroatoms. The third kappa shape index (κ3) is 2.14. The molecule has 0 radical (unpaired) electrons. The van der Waals surface area contributed by atoms with Gasteiger partial charge in [-0.25, -0.2) is 4.39 Å². The Labute approximate surface area is 66.4 Å². The van der Waals surface area contributed by atoms with E-state index in [1.54, 1.807) is 6.92 Å². The van der Waals surface area contributed by atoms with Crippen molar-refractivity contribution in [1.29, 1.82) is 0 Å². The van der Waals surface area contributed by atoms with Crippen LogP contribution in [-0.4, -0.2) is 23.7 Å². The predicted molar refractivity (Wildman–Crippen MR) is 39.9 cm³/mol. The van der Waals surface area contributed by atoms with Crippen molar-refractivity contribution in [3.05, 3.63) is 0 Å². The molecule has 0 aromatic carbocycles. The summed E-state index contributed by atoms with van der Waals surface area (Å²) in [5, 5.41) is 9.21. The maximum atomic E-state index is 12.9. The van der Waals surface area contributed by atoms with Crippen molar-refractivity contribution < 1.29 is 14.2 Å². The molecular formula is C8H15FO2. The minimum absolute atomic E-state index is 0.00458. The average molecular weight is 162 g/mol. The van der Waals surface area contributed by atoms with Crippen molar-refractivity contribution in [2.45, 2.75) is 38.6 Å². The summed E-state index contributed by atoms with van der Waals surface area (Å²) in [5.41, 5.74) is -1.07. The molecule has 0 aliphatic heterocycles. The van der Waals surface area contributed by atoms with Crippen LogP contribution in [0.1, 0.15) is 26.7 Å². The zero-order chi connectivity index (χ0) is 8.48. The Bertz CT molecular complexity index is 128. The van der Waals surface area contributed by atoms with Crippen LogP contribution in [0.25, 0.3) is 0 Å². The second kappa shape index (κ2) is 3.07. The number of aliphatic hydroxyl groups is 1. The number of rotatable bonds is 3. The normalized spacial score (nSPS) is 39.8. The number of aliphatic hydroxyl groups excluding tert-OH is 1. The Morgan fingerprint density at radius 2 is 2.27 bits per heavy atom. The molecular weight excluding hydrogens is 147 g/mol. The van der Waals surface area contributed by atoms with Gasteiger partial charge in [-0.1, -0.05) is 0 Å². The van der Waals surface area contributed by atoms with Gasteiger partial charge in [-0.2, -0.15) is 0 Å². The maximum absolute atomic E-state index is 12.9. The minimum Gasteiger partial charge on any atom is -0.368 e. The quantitative estimate of drug-likeness (QED) is 0.637. The Kier molecular flexibility index (Phi) is 2.50. The Morgan fingerprint density at radius 1 is 1.73 bits per heavy atom. The third-order valence-electron chi connectivity index (χ3n) is 2.12. The fraction of sp³-hybridized carbons (Fsp3) is 1.00. The smallest absolute Gasteiger partial charge is 0.157 e. The van der Waals surface area contributed by atoms with Crippen molar-refractivity contribution in [2.75, 3.05) is 6.61 Å². The molecule has 1 N–H and O–H groups in total. The molecule has 1 aliphatic rings. The van der Waals surface area contributed by atoms with E-state index in [0.717, 1.165) is 0 Å². The predicted octanol–water partition coefficient (Wildman–Crippen LogP) is 1.48. The molecule has 1 aliphatic carbocycles. The zero-order valence-corrected chi connectivity index (χ0v) is 7.01. The van der Waals surface area contributed by atoms with Crippen molar-refractivity contribution >= 4 is 0 Å². The molecule has 0 saturated heterocycles. The van der Waals surface area contributed by atoms with Gasteiger partial charge in [0.15, 0.2) is 6.29 Å². The minimum atomic E-state index is -1.07. The van der Waals surface area contributed by atoms with E-state index in [1.807, 2.05) is 6.92 Å². The lowest BCUT2D eigenvalue weighted by molar-refractivity contribution is -0.176. The topological polar surface area (TPSA) is 29.5 Å². The largest absolute Gasteiger partial charge is 0.368 e. The van der Waals surface area contributed by atoms with E-state index in [1.165, 1.54) is 0 Å². The second-order valence-corrected chi connectivity index (χ2v) is 3.43. The van der Waals surface area contributed by atoms with Gasteiger partial charge >= 0.3 is 0 Å². The molecule has 1 rings (SSSR count). The number of alkyl halides is 1. The van der Waals surface area contributed by atoms with Gasteiger partial charge in [-0.3, -0.25) is 0 Å². The fourth-order valence-electron chi connectivity index (χ4n) is 1.54. The molecule has 0 bridgehead atoms. The molecule has 0 amide bonds. The van der Waals surface area contributed by atoms with E-state index >= 15 is 0 Å². The van der Waals surface area contributed by atoms with Gasteiger partial charge in [0, 0.05) is 12.5 Å². The van der Waals surface area contributed by atoms with Gasteiger partial charge in [0.05, 0.1) is 0 Å². The van der Waals surface area contributed by atoms with Crippen LogP contribution in [-0.2, 0) is 4.74 Å². The summed E-state index contributed by atoms with van der Waals surface area (Å²) in [6.07, 6.45) is 0.0892. The first-order valence-corrected chi connectivity index (χ1v) is 4.04. The van der Waals surface area contributed by atoms with Gasteiger partial charge in [0.2, 0.25) is 0 Å². The summed E-state index contributed by atoms with van der Waals surface area (Å²) >= 11 is 0. The van der Waals surface area contributed by atoms with Crippen LogP contribution in [0.4, 0.5) is 4.39 Å². The summed E-state index contributed by atoms with van der Waals surface area (Å²) in [7, 11) is 0. The number of ether oxygens (including phenoxy) is 1. The van der Waals surface area contributed by atoms with Crippen LogP contribution >= 0.6 is 0 Å². The first-order valence-electron chi connectivity index (χ1n) is 4.04. The highest BCUT2D eigenvalue weighted by atomic mass is 19.1. The van der Waals surface area contributed by atoms with Crippen molar-refractivity contribution in [1.82, 2.24) is 0 Å². The Morgan fingerprint density at radius 3 is 2.64 bits per heavy atom. The molecule has 1 saturated carbocycles. The lowest BCUT2D eigenvalue weighted by atomic mass is 9.73. The summed E-state index contributed by atoms with van der Waals surface area (Å²) in [6, 6.07) is 0. The summed E-state index contributed by atoms with van der Waals surface area (Å²) in [5.74, 6) is 0.00458. The first kappa shape index (κ1) is 8.94. The number of halogens is 1. The van der Waals surface area contributed by atoms with E-state index in [0.29, 0.717) is 19.4 Å². The molecule has 11 heavy (non-hydrogen) atoms. The van der Waals surface area contributed by atoms with Crippen LogP contribution in [0.3, 0.4) is 0 Å². The number of hydrogen-bond donors (Lipinski definition) is 1. The lowest BCUT2D eigenvalue weighted by Crippen LogP contribution is -2.43. The SMILES string of the molecule is CCOC(O)C1CC(C)(F)C1. The average Bonchev–Trinajstić information content (AvgIpc) is 1.83. The Balaban J connectivity index is 2.21. The molecule has 1 fully saturated rings. The van der Waals surface area contributed by atoms with Crippen molar-refractivity contribution in [2.24, 2.45) is 5.92 Å². The standard InChI is InChI=1S/C8H15FO2/c1-3-11-7(10)6-4-8(2,9)5-6/h6-7,10H,3-5H2,1-2H3. The second-order valence-electron chi connectivity index (χ2n) is 3.43. The molecule has 0 aromatic rings. The molecule has 1 atom stereocenters. The Hall–Kier alpha value is -0.150. The molecule has 0 aromatic heterocycles. The van der Waals surface area contributed by atoms with Gasteiger partial charge in [-0.15, -0.1) is 0 Å². The van der Waals surface area contributed by atoms with E-state index in [9.17, 15) is 9.50 Å². The fourth-order valence-corrected chi connectivity index (χ4v) is 1.54. The van der Waals surface area contributed by atoms with Crippen LogP contribution in [0.2, 0.25) is 0 Å². The van der Waals surface area contributed by atoms with Gasteiger partial charge in [-0.05, 0) is 26.7 Å². The van der Waals surface area contributed by atoms with E-state index < -0.39 is 12.0 Å². The summed E-state index contributed by atoms with van der Waals surface area (Å²) in [6.45, 7) is 3.86. The van der Waals surface area contributed by atoms with E-state index in [4.69, 9.17) is 4.74 Å². The lowest BCUT2D eigenvalue weighted by Gasteiger charge is -2.40. The molecule has 1 unspecified atom stereocenters. The maximum Gasteiger partial charge on any atom is 0.157 e. The van der Waals surface area contributed by atoms with Crippen LogP contribution in [0.5, 0.6) is 0 Å². The first-order chi connectivity index (χ1) is 5.05. The van der Waals surface area contributed by atoms with Crippen molar-refractivity contribution in [3.8, 4) is 0 Å². The van der Waals surface area contributed by atoms with Crippen LogP contribution in [0.15, 0.2) is 0 Å². The summed E-state index contributed by atoms with van der Waals surface area (Å²) in [4.78, 5) is 0. The molecule has 0 heterocycles. The van der Waals surface area contributed by atoms with Gasteiger partial charge < -0.3 is 9.84 Å². The highest BCUT2D eigenvalue weighted by Gasteiger charge is 2.44. The van der Waals surface area contributed by atoms with E-state index in [2.05, 4.69) is 0 Å². The van der Waals surface area contributed by atoms with Crippen LogP contribution < -0.4 is 0 Å². The monoisotopic (exact) mass is 162 g/mol. The highest BCUT2D eigenvalue weighted by Crippen LogP contribution is 2.42. The summed E-state index contributed by atoms with van der Waals surface area (Å²) < 4.78 is 17.8. The molecule has 66 valence electrons. The molecule has 0 spiro atoms. The van der Waals surface area contributed by atoms with Gasteiger partial charge in [0.25, 0.3) is 0 Å². The highest BCUT2D eigenvalue weighted by molar-refractivity contribution is 4.91. The number of hydrogen-bond acceptors (Lipinski definition) is 2. The van der Waals surface area contributed by atoms with Crippen molar-refractivity contribution in [3.63, 3.8) is 0 Å². The van der Waals surface area contributed by atoms with Crippen LogP contribution in [0, 0.1) is 5.92 Å². The van der Waals surface area contributed by atoms with E-state index in [-0.39, 0.29) is 5.92 Å².